The van der Waals surface area contributed by atoms with E-state index in [2.05, 4.69) is 26.0 Å². The zero-order valence-corrected chi connectivity index (χ0v) is 11.0. The minimum Gasteiger partial charge on any atom is -0.462 e. The molecule has 0 fully saturated rings. The van der Waals surface area contributed by atoms with Gasteiger partial charge in [-0.05, 0) is 52.2 Å². The SMILES string of the molecule is CCOC(=O)C(=Cc1ccc(Br)c(F)c1)N=[N+]=[N-]. The number of carbonyl (C=O) groups is 1. The molecule has 0 N–H and O–H groups in total. The summed E-state index contributed by atoms with van der Waals surface area (Å²) in [4.78, 5) is 14.0. The van der Waals surface area contributed by atoms with Gasteiger partial charge in [0.2, 0.25) is 0 Å². The lowest BCUT2D eigenvalue weighted by atomic mass is 10.2. The lowest BCUT2D eigenvalue weighted by Gasteiger charge is -2.02. The summed E-state index contributed by atoms with van der Waals surface area (Å²) in [6.07, 6.45) is 1.26. The van der Waals surface area contributed by atoms with Gasteiger partial charge in [0, 0.05) is 4.91 Å². The Morgan fingerprint density at radius 2 is 2.39 bits per heavy atom. The average molecular weight is 314 g/mol. The Morgan fingerprint density at radius 3 is 2.94 bits per heavy atom. The van der Waals surface area contributed by atoms with E-state index in [0.29, 0.717) is 10.0 Å². The summed E-state index contributed by atoms with van der Waals surface area (Å²) in [7, 11) is 0. The highest BCUT2D eigenvalue weighted by molar-refractivity contribution is 9.10. The summed E-state index contributed by atoms with van der Waals surface area (Å²) >= 11 is 3.01. The fourth-order valence-electron chi connectivity index (χ4n) is 1.14. The molecule has 0 bridgehead atoms. The molecule has 1 rings (SSSR count). The third-order valence-electron chi connectivity index (χ3n) is 1.88. The van der Waals surface area contributed by atoms with Gasteiger partial charge in [0.1, 0.15) is 11.5 Å². The van der Waals surface area contributed by atoms with Gasteiger partial charge in [-0.1, -0.05) is 11.2 Å². The third kappa shape index (κ3) is 3.87. The fourth-order valence-corrected chi connectivity index (χ4v) is 1.39. The average Bonchev–Trinajstić information content (AvgIpc) is 2.33. The summed E-state index contributed by atoms with van der Waals surface area (Å²) in [6, 6.07) is 4.26. The van der Waals surface area contributed by atoms with Crippen LogP contribution < -0.4 is 0 Å². The first-order chi connectivity index (χ1) is 8.58. The van der Waals surface area contributed by atoms with Crippen LogP contribution >= 0.6 is 15.9 Å². The standard InChI is InChI=1S/C11H9BrFN3O2/c1-2-18-11(17)10(15-16-14)6-7-3-4-8(12)9(13)5-7/h3-6H,2H2,1H3. The summed E-state index contributed by atoms with van der Waals surface area (Å²) in [5.41, 5.74) is 8.53. The lowest BCUT2D eigenvalue weighted by Crippen LogP contribution is -2.05. The van der Waals surface area contributed by atoms with Crippen molar-refractivity contribution in [3.63, 3.8) is 0 Å². The van der Waals surface area contributed by atoms with Gasteiger partial charge in [-0.25, -0.2) is 9.18 Å². The quantitative estimate of drug-likeness (QED) is 0.279. The van der Waals surface area contributed by atoms with E-state index in [9.17, 15) is 9.18 Å². The van der Waals surface area contributed by atoms with Crippen LogP contribution in [0.4, 0.5) is 4.39 Å². The van der Waals surface area contributed by atoms with Crippen molar-refractivity contribution in [1.29, 1.82) is 0 Å². The van der Waals surface area contributed by atoms with Crippen molar-refractivity contribution >= 4 is 28.0 Å². The minimum absolute atomic E-state index is 0.159. The molecule has 0 aliphatic carbocycles. The fraction of sp³-hybridized carbons (Fsp3) is 0.182. The van der Waals surface area contributed by atoms with Gasteiger partial charge in [-0.3, -0.25) is 0 Å². The molecule has 0 aliphatic heterocycles. The van der Waals surface area contributed by atoms with Crippen LogP contribution in [0.1, 0.15) is 12.5 Å². The van der Waals surface area contributed by atoms with E-state index in [0.717, 1.165) is 0 Å². The van der Waals surface area contributed by atoms with Gasteiger partial charge in [0.15, 0.2) is 0 Å². The second kappa shape index (κ2) is 6.78. The molecule has 18 heavy (non-hydrogen) atoms. The van der Waals surface area contributed by atoms with Crippen molar-refractivity contribution in [1.82, 2.24) is 0 Å². The number of rotatable bonds is 4. The number of nitrogens with zero attached hydrogens (tertiary/aromatic N) is 3. The molecule has 0 amide bonds. The Morgan fingerprint density at radius 1 is 1.67 bits per heavy atom. The smallest absolute Gasteiger partial charge is 0.340 e. The maximum atomic E-state index is 13.3. The lowest BCUT2D eigenvalue weighted by molar-refractivity contribution is -0.138. The largest absolute Gasteiger partial charge is 0.462 e. The van der Waals surface area contributed by atoms with Crippen LogP contribution in [0, 0.1) is 5.82 Å². The number of ether oxygens (including phenoxy) is 1. The van der Waals surface area contributed by atoms with Crippen LogP contribution in [0.15, 0.2) is 33.5 Å². The minimum atomic E-state index is -0.751. The van der Waals surface area contributed by atoms with Crippen LogP contribution in [0.25, 0.3) is 16.5 Å². The summed E-state index contributed by atoms with van der Waals surface area (Å²) in [5.74, 6) is -1.23. The number of halogens is 2. The van der Waals surface area contributed by atoms with Gasteiger partial charge >= 0.3 is 5.97 Å². The van der Waals surface area contributed by atoms with Crippen LogP contribution in [0.2, 0.25) is 0 Å². The number of azide groups is 1. The molecule has 1 aromatic carbocycles. The van der Waals surface area contributed by atoms with Crippen molar-refractivity contribution < 1.29 is 13.9 Å². The molecular weight excluding hydrogens is 305 g/mol. The molecule has 0 heterocycles. The molecule has 0 saturated carbocycles. The third-order valence-corrected chi connectivity index (χ3v) is 2.53. The zero-order chi connectivity index (χ0) is 13.5. The van der Waals surface area contributed by atoms with Crippen molar-refractivity contribution in [3.8, 4) is 0 Å². The number of esters is 1. The first-order valence-corrected chi connectivity index (χ1v) is 5.76. The molecule has 7 heteroatoms. The Balaban J connectivity index is 3.11. The summed E-state index contributed by atoms with van der Waals surface area (Å²) in [6.45, 7) is 1.79. The highest BCUT2D eigenvalue weighted by atomic mass is 79.9. The highest BCUT2D eigenvalue weighted by Gasteiger charge is 2.09. The van der Waals surface area contributed by atoms with Crippen LogP contribution in [0.5, 0.6) is 0 Å². The maximum absolute atomic E-state index is 13.3. The highest BCUT2D eigenvalue weighted by Crippen LogP contribution is 2.18. The van der Waals surface area contributed by atoms with Crippen LogP contribution in [-0.4, -0.2) is 12.6 Å². The Labute approximate surface area is 111 Å². The van der Waals surface area contributed by atoms with E-state index < -0.39 is 11.8 Å². The Bertz CT molecular complexity index is 539. The Hall–Kier alpha value is -1.85. The second-order valence-corrected chi connectivity index (χ2v) is 3.97. The molecule has 0 saturated heterocycles. The topological polar surface area (TPSA) is 75.1 Å². The predicted octanol–water partition coefficient (Wildman–Crippen LogP) is 3.80. The van der Waals surface area contributed by atoms with Gasteiger partial charge in [-0.15, -0.1) is 0 Å². The van der Waals surface area contributed by atoms with E-state index in [1.54, 1.807) is 13.0 Å². The Kier molecular flexibility index (Phi) is 5.35. The molecule has 5 nitrogen and oxygen atoms in total. The molecule has 0 radical (unpaired) electrons. The number of hydrogen-bond acceptors (Lipinski definition) is 3. The van der Waals surface area contributed by atoms with E-state index in [4.69, 9.17) is 10.3 Å². The monoisotopic (exact) mass is 313 g/mol. The van der Waals surface area contributed by atoms with E-state index in [1.807, 2.05) is 0 Å². The van der Waals surface area contributed by atoms with Gasteiger partial charge < -0.3 is 4.74 Å². The van der Waals surface area contributed by atoms with Gasteiger partial charge in [-0.2, -0.15) is 0 Å². The van der Waals surface area contributed by atoms with Crippen LogP contribution in [-0.2, 0) is 9.53 Å². The van der Waals surface area contributed by atoms with Gasteiger partial charge in [0.05, 0.1) is 11.1 Å². The van der Waals surface area contributed by atoms with Crippen molar-refractivity contribution in [2.75, 3.05) is 6.61 Å². The summed E-state index contributed by atoms with van der Waals surface area (Å²) < 4.78 is 18.3. The first-order valence-electron chi connectivity index (χ1n) is 4.97. The molecule has 0 unspecified atom stereocenters. The number of carbonyl (C=O) groups excluding carboxylic acids is 1. The second-order valence-electron chi connectivity index (χ2n) is 3.11. The zero-order valence-electron chi connectivity index (χ0n) is 9.43. The molecule has 0 aliphatic rings. The maximum Gasteiger partial charge on any atom is 0.340 e. The van der Waals surface area contributed by atoms with Crippen LogP contribution in [0.3, 0.4) is 0 Å². The molecule has 0 aromatic heterocycles. The summed E-state index contributed by atoms with van der Waals surface area (Å²) in [5, 5.41) is 3.22. The molecule has 1 aromatic rings. The van der Waals surface area contributed by atoms with E-state index in [1.165, 1.54) is 18.2 Å². The molecule has 0 atom stereocenters. The van der Waals surface area contributed by atoms with E-state index >= 15 is 0 Å². The van der Waals surface area contributed by atoms with Crippen molar-refractivity contribution in [3.05, 3.63) is 50.2 Å². The molecule has 94 valence electrons. The van der Waals surface area contributed by atoms with E-state index in [-0.39, 0.29) is 12.3 Å². The molecular formula is C11H9BrFN3O2. The van der Waals surface area contributed by atoms with Crippen molar-refractivity contribution in [2.24, 2.45) is 5.11 Å². The normalized spacial score (nSPS) is 10.7. The van der Waals surface area contributed by atoms with Gasteiger partial charge in [0.25, 0.3) is 0 Å². The molecule has 0 spiro atoms. The number of hydrogen-bond donors (Lipinski definition) is 0. The predicted molar refractivity (Wildman–Crippen MR) is 67.9 cm³/mol. The van der Waals surface area contributed by atoms with Crippen molar-refractivity contribution in [2.45, 2.75) is 6.92 Å². The number of benzene rings is 1. The first kappa shape index (κ1) is 14.2.